The minimum Gasteiger partial charge on any atom is -0.493 e. The first-order valence-corrected chi connectivity index (χ1v) is 12.4. The summed E-state index contributed by atoms with van der Waals surface area (Å²) in [5.41, 5.74) is 1.91. The van der Waals surface area contributed by atoms with E-state index >= 15 is 0 Å². The zero-order valence-electron chi connectivity index (χ0n) is 22.2. The number of aliphatic carboxylic acids is 1. The van der Waals surface area contributed by atoms with Gasteiger partial charge in [0.05, 0.1) is 27.4 Å². The molecular formula is C27H31NO12. The van der Waals surface area contributed by atoms with Crippen molar-refractivity contribution in [2.45, 2.75) is 56.5 Å². The Morgan fingerprint density at radius 3 is 2.25 bits per heavy atom. The normalized spacial score (nSPS) is 25.5. The van der Waals surface area contributed by atoms with Crippen LogP contribution >= 0.6 is 0 Å². The van der Waals surface area contributed by atoms with Crippen LogP contribution in [0.1, 0.15) is 30.5 Å². The third kappa shape index (κ3) is 5.28. The fourth-order valence-electron chi connectivity index (χ4n) is 5.07. The molecule has 0 saturated carbocycles. The number of benzene rings is 1. The molecule has 13 heteroatoms. The first-order chi connectivity index (χ1) is 19.0. The van der Waals surface area contributed by atoms with Gasteiger partial charge in [0.2, 0.25) is 23.4 Å². The van der Waals surface area contributed by atoms with Gasteiger partial charge in [-0.3, -0.25) is 9.59 Å². The number of carboxylic acid groups (broad SMARTS) is 1. The maximum Gasteiger partial charge on any atom is 0.335 e. The van der Waals surface area contributed by atoms with Gasteiger partial charge in [-0.25, -0.2) is 4.79 Å². The molecule has 2 aromatic carbocycles. The fourth-order valence-corrected chi connectivity index (χ4v) is 5.07. The first kappa shape index (κ1) is 29.1. The number of methoxy groups -OCH3 is 3. The molecule has 5 N–H and O–H groups in total. The lowest BCUT2D eigenvalue weighted by Crippen LogP contribution is -2.61. The van der Waals surface area contributed by atoms with Gasteiger partial charge in [-0.1, -0.05) is 6.07 Å². The minimum absolute atomic E-state index is 0.00296. The van der Waals surface area contributed by atoms with E-state index in [1.165, 1.54) is 40.4 Å². The first-order valence-electron chi connectivity index (χ1n) is 12.4. The van der Waals surface area contributed by atoms with E-state index in [1.807, 2.05) is 0 Å². The lowest BCUT2D eigenvalue weighted by atomic mass is 9.95. The Morgan fingerprint density at radius 1 is 0.950 bits per heavy atom. The standard InChI is InChI=1S/C27H31NO12/c1-11(29)28-15-7-5-12-9-18(39-27-22(33)20(31)21(32)25(40-27)26(34)35)23(37-3)24(38-4)19(12)13-6-8-17(36-2)16(30)10-14(13)15/h6,8-10,15,20-22,25,27,31-33H,5,7H2,1-4H3,(H,28,29)(H,34,35). The van der Waals surface area contributed by atoms with Crippen LogP contribution in [-0.4, -0.2) is 84.3 Å². The summed E-state index contributed by atoms with van der Waals surface area (Å²) >= 11 is 0. The van der Waals surface area contributed by atoms with E-state index < -0.39 is 42.7 Å². The average Bonchev–Trinajstić information content (AvgIpc) is 3.16. The quantitative estimate of drug-likeness (QED) is 0.308. The summed E-state index contributed by atoms with van der Waals surface area (Å²) in [6.45, 7) is 1.38. The van der Waals surface area contributed by atoms with Crippen molar-refractivity contribution in [1.82, 2.24) is 5.32 Å². The molecule has 6 unspecified atom stereocenters. The predicted octanol–water partition coefficient (Wildman–Crippen LogP) is 0.134. The van der Waals surface area contributed by atoms with Crippen LogP contribution in [0.5, 0.6) is 23.0 Å². The molecule has 1 heterocycles. The van der Waals surface area contributed by atoms with Crippen LogP contribution in [0.15, 0.2) is 29.1 Å². The van der Waals surface area contributed by atoms with Crippen LogP contribution in [0.4, 0.5) is 0 Å². The fraction of sp³-hybridized carbons (Fsp3) is 0.444. The number of amides is 1. The number of rotatable bonds is 7. The Hall–Kier alpha value is -3.91. The molecule has 0 spiro atoms. The number of aryl methyl sites for hydroxylation is 1. The number of aliphatic hydroxyl groups is 3. The molecule has 40 heavy (non-hydrogen) atoms. The Bertz CT molecular complexity index is 1360. The van der Waals surface area contributed by atoms with Crippen molar-refractivity contribution in [3.63, 3.8) is 0 Å². The Kier molecular flexibility index (Phi) is 8.49. The lowest BCUT2D eigenvalue weighted by Gasteiger charge is -2.38. The van der Waals surface area contributed by atoms with Crippen LogP contribution in [0.25, 0.3) is 11.1 Å². The SMILES string of the molecule is COc1c(OC2OC(C(=O)O)C(O)C(O)C2O)cc2c(c1OC)-c1ccc(OC)c(=O)cc1C(NC(C)=O)CC2. The van der Waals surface area contributed by atoms with E-state index in [9.17, 15) is 34.8 Å². The van der Waals surface area contributed by atoms with Gasteiger partial charge in [-0.15, -0.1) is 0 Å². The molecule has 216 valence electrons. The number of carbonyl (C=O) groups is 2. The molecule has 13 nitrogen and oxygen atoms in total. The van der Waals surface area contributed by atoms with E-state index in [-0.39, 0.29) is 34.3 Å². The summed E-state index contributed by atoms with van der Waals surface area (Å²) in [6, 6.07) is 5.65. The lowest BCUT2D eigenvalue weighted by molar-refractivity contribution is -0.271. The van der Waals surface area contributed by atoms with Crippen molar-refractivity contribution >= 4 is 11.9 Å². The van der Waals surface area contributed by atoms with Crippen molar-refractivity contribution in [3.05, 3.63) is 45.6 Å². The molecule has 1 amide bonds. The third-order valence-electron chi connectivity index (χ3n) is 6.93. The second-order valence-corrected chi connectivity index (χ2v) is 9.40. The number of hydrogen-bond acceptors (Lipinski definition) is 11. The zero-order valence-corrected chi connectivity index (χ0v) is 22.2. The Balaban J connectivity index is 1.89. The molecular weight excluding hydrogens is 530 g/mol. The topological polar surface area (TPSA) is 190 Å². The minimum atomic E-state index is -1.89. The Labute approximate surface area is 228 Å². The van der Waals surface area contributed by atoms with Crippen LogP contribution < -0.4 is 29.7 Å². The summed E-state index contributed by atoms with van der Waals surface area (Å²) < 4.78 is 27.7. The van der Waals surface area contributed by atoms with Crippen molar-refractivity contribution in [3.8, 4) is 34.1 Å². The highest BCUT2D eigenvalue weighted by Crippen LogP contribution is 2.50. The third-order valence-corrected chi connectivity index (χ3v) is 6.93. The number of hydrogen-bond donors (Lipinski definition) is 5. The summed E-state index contributed by atoms with van der Waals surface area (Å²) in [5.74, 6) is -1.51. The van der Waals surface area contributed by atoms with Gasteiger partial charge < -0.3 is 49.4 Å². The molecule has 4 rings (SSSR count). The molecule has 2 aliphatic rings. The van der Waals surface area contributed by atoms with Gasteiger partial charge in [0.25, 0.3) is 0 Å². The number of carboxylic acids is 1. The molecule has 0 bridgehead atoms. The van der Waals surface area contributed by atoms with E-state index in [1.54, 1.807) is 12.1 Å². The molecule has 1 aliphatic heterocycles. The van der Waals surface area contributed by atoms with Gasteiger partial charge in [-0.2, -0.15) is 0 Å². The molecule has 0 aromatic heterocycles. The van der Waals surface area contributed by atoms with Gasteiger partial charge >= 0.3 is 5.97 Å². The number of fused-ring (bicyclic) bond motifs is 3. The Morgan fingerprint density at radius 2 is 1.65 bits per heavy atom. The van der Waals surface area contributed by atoms with Gasteiger partial charge in [0.1, 0.15) is 18.3 Å². The highest BCUT2D eigenvalue weighted by molar-refractivity contribution is 5.83. The largest absolute Gasteiger partial charge is 0.493 e. The number of aliphatic hydroxyl groups excluding tert-OH is 3. The van der Waals surface area contributed by atoms with Crippen LogP contribution in [0, 0.1) is 0 Å². The second kappa shape index (κ2) is 11.7. The number of carbonyl (C=O) groups excluding carboxylic acids is 1. The van der Waals surface area contributed by atoms with E-state index in [0.717, 1.165) is 0 Å². The van der Waals surface area contributed by atoms with Crippen LogP contribution in [0.3, 0.4) is 0 Å². The summed E-state index contributed by atoms with van der Waals surface area (Å²) in [7, 11) is 4.11. The molecule has 2 aromatic rings. The van der Waals surface area contributed by atoms with Crippen molar-refractivity contribution in [1.29, 1.82) is 0 Å². The number of ether oxygens (including phenoxy) is 5. The van der Waals surface area contributed by atoms with Gasteiger partial charge in [-0.05, 0) is 47.7 Å². The van der Waals surface area contributed by atoms with Crippen LogP contribution in [-0.2, 0) is 20.7 Å². The molecule has 0 radical (unpaired) electrons. The average molecular weight is 562 g/mol. The van der Waals surface area contributed by atoms with Gasteiger partial charge in [0, 0.05) is 12.5 Å². The highest BCUT2D eigenvalue weighted by atomic mass is 16.7. The zero-order chi connectivity index (χ0) is 29.3. The molecule has 1 saturated heterocycles. The maximum absolute atomic E-state index is 12.9. The van der Waals surface area contributed by atoms with Crippen molar-refractivity contribution < 1.29 is 53.7 Å². The summed E-state index contributed by atoms with van der Waals surface area (Å²) in [5, 5.41) is 43.0. The highest BCUT2D eigenvalue weighted by Gasteiger charge is 2.48. The van der Waals surface area contributed by atoms with Crippen molar-refractivity contribution in [2.24, 2.45) is 0 Å². The molecule has 1 fully saturated rings. The van der Waals surface area contributed by atoms with Crippen molar-refractivity contribution in [2.75, 3.05) is 21.3 Å². The van der Waals surface area contributed by atoms with Gasteiger partial charge in [0.15, 0.2) is 23.4 Å². The molecule has 6 atom stereocenters. The maximum atomic E-state index is 12.9. The van der Waals surface area contributed by atoms with E-state index in [0.29, 0.717) is 35.1 Å². The van der Waals surface area contributed by atoms with Crippen LogP contribution in [0.2, 0.25) is 0 Å². The number of nitrogens with one attached hydrogen (secondary N) is 1. The van der Waals surface area contributed by atoms with E-state index in [4.69, 9.17) is 23.7 Å². The second-order valence-electron chi connectivity index (χ2n) is 9.40. The predicted molar refractivity (Wildman–Crippen MR) is 138 cm³/mol. The van der Waals surface area contributed by atoms with E-state index in [2.05, 4.69) is 5.32 Å². The monoisotopic (exact) mass is 561 g/mol. The molecule has 1 aliphatic carbocycles. The summed E-state index contributed by atoms with van der Waals surface area (Å²) in [4.78, 5) is 36.5. The smallest absolute Gasteiger partial charge is 0.335 e. The summed E-state index contributed by atoms with van der Waals surface area (Å²) in [6.07, 6.45) is -8.35.